The summed E-state index contributed by atoms with van der Waals surface area (Å²) in [6.45, 7) is 1.47. The Kier molecular flexibility index (Phi) is 9.15. The molecule has 0 aliphatic heterocycles. The summed E-state index contributed by atoms with van der Waals surface area (Å²) in [5.74, 6) is 0.811. The topological polar surface area (TPSA) is 96.4 Å². The average Bonchev–Trinajstić information content (AvgIpc) is 2.80. The molecule has 2 heterocycles. The molecular formula is C23H26N4O3S. The van der Waals surface area contributed by atoms with Crippen molar-refractivity contribution in [3.05, 3.63) is 78.8 Å². The molecule has 0 aliphatic rings. The van der Waals surface area contributed by atoms with E-state index >= 15 is 0 Å². The summed E-state index contributed by atoms with van der Waals surface area (Å²) < 4.78 is 9.10. The molecule has 31 heavy (non-hydrogen) atoms. The van der Waals surface area contributed by atoms with Gasteiger partial charge in [-0.1, -0.05) is 18.2 Å². The van der Waals surface area contributed by atoms with Crippen LogP contribution >= 0.6 is 11.9 Å². The van der Waals surface area contributed by atoms with Gasteiger partial charge in [0.25, 0.3) is 0 Å². The van der Waals surface area contributed by atoms with Crippen LogP contribution in [0.25, 0.3) is 0 Å². The number of benzene rings is 1. The Hall–Kier alpha value is -3.10. The number of nitrogens with one attached hydrogen (secondary N) is 2. The monoisotopic (exact) mass is 438 g/mol. The van der Waals surface area contributed by atoms with Gasteiger partial charge in [0.1, 0.15) is 11.6 Å². The van der Waals surface area contributed by atoms with E-state index in [2.05, 4.69) is 20.0 Å². The maximum atomic E-state index is 11.2. The molecule has 0 saturated carbocycles. The minimum atomic E-state index is -0.864. The van der Waals surface area contributed by atoms with Crippen molar-refractivity contribution < 1.29 is 14.6 Å². The number of nitrogens with zero attached hydrogens (tertiary/aromatic N) is 2. The predicted molar refractivity (Wildman–Crippen MR) is 122 cm³/mol. The number of rotatable bonds is 13. The summed E-state index contributed by atoms with van der Waals surface area (Å²) in [5, 5.41) is 12.5. The zero-order chi connectivity index (χ0) is 21.7. The second-order valence-electron chi connectivity index (χ2n) is 6.83. The van der Waals surface area contributed by atoms with Crippen molar-refractivity contribution in [1.82, 2.24) is 14.7 Å². The highest BCUT2D eigenvalue weighted by molar-refractivity contribution is 7.97. The molecule has 0 radical (unpaired) electrons. The zero-order valence-corrected chi connectivity index (χ0v) is 17.9. The molecule has 0 spiro atoms. The molecule has 162 valence electrons. The summed E-state index contributed by atoms with van der Waals surface area (Å²) >= 11 is 1.39. The first-order chi connectivity index (χ1) is 15.2. The van der Waals surface area contributed by atoms with Crippen LogP contribution in [-0.2, 0) is 4.79 Å². The van der Waals surface area contributed by atoms with Crippen LogP contribution in [0.2, 0.25) is 0 Å². The molecule has 7 nitrogen and oxygen atoms in total. The van der Waals surface area contributed by atoms with Crippen molar-refractivity contribution in [2.45, 2.75) is 30.2 Å². The fraction of sp³-hybridized carbons (Fsp3) is 0.261. The SMILES string of the molecule is O=C(O)CC(NSc1cccc(OCCCCNc2ccccn2)c1)c1cccnc1. The van der Waals surface area contributed by atoms with E-state index in [4.69, 9.17) is 4.74 Å². The van der Waals surface area contributed by atoms with Crippen LogP contribution < -0.4 is 14.8 Å². The van der Waals surface area contributed by atoms with Gasteiger partial charge in [-0.05, 0) is 66.8 Å². The normalized spacial score (nSPS) is 11.6. The van der Waals surface area contributed by atoms with Gasteiger partial charge in [0.15, 0.2) is 0 Å². The highest BCUT2D eigenvalue weighted by Crippen LogP contribution is 2.26. The number of anilines is 1. The van der Waals surface area contributed by atoms with E-state index in [9.17, 15) is 9.90 Å². The van der Waals surface area contributed by atoms with Crippen molar-refractivity contribution in [2.75, 3.05) is 18.5 Å². The van der Waals surface area contributed by atoms with Crippen LogP contribution in [0.3, 0.4) is 0 Å². The Morgan fingerprint density at radius 3 is 2.81 bits per heavy atom. The van der Waals surface area contributed by atoms with Gasteiger partial charge in [-0.2, -0.15) is 0 Å². The summed E-state index contributed by atoms with van der Waals surface area (Å²) in [4.78, 5) is 20.5. The fourth-order valence-corrected chi connectivity index (χ4v) is 3.67. The molecule has 2 aromatic heterocycles. The third-order valence-electron chi connectivity index (χ3n) is 4.40. The number of pyridine rings is 2. The lowest BCUT2D eigenvalue weighted by molar-refractivity contribution is -0.137. The second kappa shape index (κ2) is 12.6. The molecule has 0 saturated heterocycles. The molecule has 0 amide bonds. The highest BCUT2D eigenvalue weighted by atomic mass is 32.2. The Morgan fingerprint density at radius 1 is 1.10 bits per heavy atom. The van der Waals surface area contributed by atoms with E-state index < -0.39 is 5.97 Å². The molecule has 0 fully saturated rings. The van der Waals surface area contributed by atoms with Crippen molar-refractivity contribution in [3.63, 3.8) is 0 Å². The lowest BCUT2D eigenvalue weighted by atomic mass is 10.1. The van der Waals surface area contributed by atoms with Crippen LogP contribution in [0, 0.1) is 0 Å². The molecule has 0 aliphatic carbocycles. The van der Waals surface area contributed by atoms with Crippen LogP contribution in [0.1, 0.15) is 30.9 Å². The average molecular weight is 439 g/mol. The largest absolute Gasteiger partial charge is 0.494 e. The lowest BCUT2D eigenvalue weighted by Crippen LogP contribution is -2.18. The van der Waals surface area contributed by atoms with Gasteiger partial charge >= 0.3 is 5.97 Å². The van der Waals surface area contributed by atoms with E-state index in [-0.39, 0.29) is 12.5 Å². The molecule has 1 unspecified atom stereocenters. The Labute approximate surface area is 186 Å². The maximum Gasteiger partial charge on any atom is 0.305 e. The van der Waals surface area contributed by atoms with Crippen LogP contribution in [0.4, 0.5) is 5.82 Å². The molecule has 3 rings (SSSR count). The number of carbonyl (C=O) groups is 1. The molecule has 3 N–H and O–H groups in total. The summed E-state index contributed by atoms with van der Waals surface area (Å²) in [5.41, 5.74) is 0.837. The number of ether oxygens (including phenoxy) is 1. The smallest absolute Gasteiger partial charge is 0.305 e. The van der Waals surface area contributed by atoms with Gasteiger partial charge in [-0.25, -0.2) is 4.98 Å². The quantitative estimate of drug-likeness (QED) is 0.264. The number of carboxylic acids is 1. The van der Waals surface area contributed by atoms with E-state index in [1.807, 2.05) is 48.5 Å². The van der Waals surface area contributed by atoms with Crippen LogP contribution in [0.15, 0.2) is 78.1 Å². The van der Waals surface area contributed by atoms with Gasteiger partial charge in [0, 0.05) is 30.0 Å². The first kappa shape index (κ1) is 22.6. The van der Waals surface area contributed by atoms with Gasteiger partial charge < -0.3 is 15.2 Å². The Bertz CT molecular complexity index is 928. The Balaban J connectivity index is 1.42. The molecule has 1 atom stereocenters. The predicted octanol–water partition coefficient (Wildman–Crippen LogP) is 4.56. The minimum absolute atomic E-state index is 0.0264. The fourth-order valence-electron chi connectivity index (χ4n) is 2.85. The summed E-state index contributed by atoms with van der Waals surface area (Å²) in [7, 11) is 0. The van der Waals surface area contributed by atoms with Crippen LogP contribution in [-0.4, -0.2) is 34.2 Å². The van der Waals surface area contributed by atoms with E-state index in [0.717, 1.165) is 41.4 Å². The maximum absolute atomic E-state index is 11.2. The minimum Gasteiger partial charge on any atom is -0.494 e. The summed E-state index contributed by atoms with van der Waals surface area (Å²) in [6, 6.07) is 16.9. The first-order valence-corrected chi connectivity index (χ1v) is 10.9. The van der Waals surface area contributed by atoms with Gasteiger partial charge in [-0.15, -0.1) is 0 Å². The third-order valence-corrected chi connectivity index (χ3v) is 5.29. The number of hydrogen-bond donors (Lipinski definition) is 3. The van der Waals surface area contributed by atoms with E-state index in [1.165, 1.54) is 11.9 Å². The van der Waals surface area contributed by atoms with E-state index in [1.54, 1.807) is 24.7 Å². The molecule has 0 bridgehead atoms. The number of hydrogen-bond acceptors (Lipinski definition) is 7. The van der Waals surface area contributed by atoms with Gasteiger partial charge in [0.2, 0.25) is 0 Å². The highest BCUT2D eigenvalue weighted by Gasteiger charge is 2.16. The number of aliphatic carboxylic acids is 1. The standard InChI is InChI=1S/C23H26N4O3S/c28-23(29)16-21(18-7-6-11-24-17-18)27-31-20-9-5-8-19(15-20)30-14-4-3-13-26-22-10-1-2-12-25-22/h1-2,5-12,15,17,21,27H,3-4,13-14,16H2,(H,25,26)(H,28,29). The van der Waals surface area contributed by atoms with Crippen molar-refractivity contribution in [1.29, 1.82) is 0 Å². The number of carboxylic acid groups (broad SMARTS) is 1. The third kappa shape index (κ3) is 8.27. The van der Waals surface area contributed by atoms with Crippen molar-refractivity contribution in [2.24, 2.45) is 0 Å². The van der Waals surface area contributed by atoms with Gasteiger partial charge in [-0.3, -0.25) is 14.5 Å². The van der Waals surface area contributed by atoms with Crippen molar-refractivity contribution in [3.8, 4) is 5.75 Å². The van der Waals surface area contributed by atoms with Gasteiger partial charge in [0.05, 0.1) is 19.1 Å². The zero-order valence-electron chi connectivity index (χ0n) is 17.1. The van der Waals surface area contributed by atoms with Crippen LogP contribution in [0.5, 0.6) is 5.75 Å². The number of aromatic nitrogens is 2. The number of unbranched alkanes of at least 4 members (excludes halogenated alkanes) is 1. The van der Waals surface area contributed by atoms with Crippen molar-refractivity contribution >= 4 is 23.7 Å². The molecule has 3 aromatic rings. The summed E-state index contributed by atoms with van der Waals surface area (Å²) in [6.07, 6.45) is 7.01. The first-order valence-electron chi connectivity index (χ1n) is 10.1. The second-order valence-corrected chi connectivity index (χ2v) is 7.74. The molecular weight excluding hydrogens is 412 g/mol. The lowest BCUT2D eigenvalue weighted by Gasteiger charge is -2.16. The molecule has 1 aromatic carbocycles. The Morgan fingerprint density at radius 2 is 2.03 bits per heavy atom. The molecule has 8 heteroatoms. The van der Waals surface area contributed by atoms with E-state index in [0.29, 0.717) is 6.61 Å².